The van der Waals surface area contributed by atoms with Gasteiger partial charge in [0.1, 0.15) is 0 Å². The largest absolute Gasteiger partial charge is 0.478 e. The Kier molecular flexibility index (Phi) is 1.90. The Hall–Kier alpha value is -1.05. The summed E-state index contributed by atoms with van der Waals surface area (Å²) in [6.45, 7) is 3.62. The van der Waals surface area contributed by atoms with E-state index in [0.29, 0.717) is 11.8 Å². The van der Waals surface area contributed by atoms with Crippen LogP contribution in [-0.2, 0) is 4.79 Å². The van der Waals surface area contributed by atoms with Gasteiger partial charge in [-0.25, -0.2) is 4.79 Å². The van der Waals surface area contributed by atoms with Gasteiger partial charge in [0.25, 0.3) is 0 Å². The molecular formula is C8H10O2. The van der Waals surface area contributed by atoms with Gasteiger partial charge >= 0.3 is 5.97 Å². The third kappa shape index (κ3) is 1.72. The highest BCUT2D eigenvalue weighted by Gasteiger charge is 2.31. The average molecular weight is 138 g/mol. The number of aliphatic carboxylic acids is 1. The van der Waals surface area contributed by atoms with Crippen molar-refractivity contribution in [2.75, 3.05) is 0 Å². The van der Waals surface area contributed by atoms with Crippen LogP contribution in [0.1, 0.15) is 6.42 Å². The first-order chi connectivity index (χ1) is 4.74. The summed E-state index contributed by atoms with van der Waals surface area (Å²) in [5.74, 6) is 0.0962. The van der Waals surface area contributed by atoms with Crippen LogP contribution >= 0.6 is 0 Å². The lowest BCUT2D eigenvalue weighted by atomic mass is 10.3. The molecule has 0 aromatic rings. The number of allylic oxidation sites excluding steroid dienone is 2. The molecule has 2 nitrogen and oxygen atoms in total. The van der Waals surface area contributed by atoms with Gasteiger partial charge in [0.15, 0.2) is 0 Å². The molecule has 1 saturated carbocycles. The Morgan fingerprint density at radius 2 is 2.30 bits per heavy atom. The molecule has 54 valence electrons. The molecule has 1 aliphatic carbocycles. The van der Waals surface area contributed by atoms with E-state index >= 15 is 0 Å². The normalized spacial score (nSPS) is 30.4. The van der Waals surface area contributed by atoms with Gasteiger partial charge in [0, 0.05) is 6.08 Å². The van der Waals surface area contributed by atoms with Crippen LogP contribution < -0.4 is 0 Å². The molecule has 0 aromatic carbocycles. The smallest absolute Gasteiger partial charge is 0.327 e. The van der Waals surface area contributed by atoms with Crippen LogP contribution in [0, 0.1) is 11.8 Å². The van der Waals surface area contributed by atoms with Crippen molar-refractivity contribution in [1.82, 2.24) is 0 Å². The zero-order chi connectivity index (χ0) is 7.56. The zero-order valence-electron chi connectivity index (χ0n) is 5.66. The summed E-state index contributed by atoms with van der Waals surface area (Å²) < 4.78 is 0. The average Bonchev–Trinajstić information content (AvgIpc) is 2.61. The van der Waals surface area contributed by atoms with Crippen molar-refractivity contribution >= 4 is 5.97 Å². The standard InChI is InChI=1S/C8H10O2/c1-2-6-5-7(6)3-4-8(9)10/h2-4,6-7H,1,5H2,(H,9,10)/b4-3+/t6-,7-/m1/s1. The maximum Gasteiger partial charge on any atom is 0.327 e. The molecule has 2 atom stereocenters. The van der Waals surface area contributed by atoms with Crippen molar-refractivity contribution in [1.29, 1.82) is 0 Å². The fraction of sp³-hybridized carbons (Fsp3) is 0.375. The number of rotatable bonds is 3. The van der Waals surface area contributed by atoms with E-state index in [0.717, 1.165) is 6.42 Å². The summed E-state index contributed by atoms with van der Waals surface area (Å²) in [5, 5.41) is 8.24. The fourth-order valence-electron chi connectivity index (χ4n) is 0.934. The van der Waals surface area contributed by atoms with Crippen molar-refractivity contribution in [3.05, 3.63) is 24.8 Å². The quantitative estimate of drug-likeness (QED) is 0.473. The minimum Gasteiger partial charge on any atom is -0.478 e. The molecule has 1 rings (SSSR count). The van der Waals surface area contributed by atoms with Gasteiger partial charge in [0.2, 0.25) is 0 Å². The highest BCUT2D eigenvalue weighted by Crippen LogP contribution is 2.40. The van der Waals surface area contributed by atoms with E-state index in [1.165, 1.54) is 6.08 Å². The van der Waals surface area contributed by atoms with E-state index < -0.39 is 5.97 Å². The topological polar surface area (TPSA) is 37.3 Å². The second kappa shape index (κ2) is 2.69. The van der Waals surface area contributed by atoms with Crippen LogP contribution in [0.15, 0.2) is 24.8 Å². The maximum atomic E-state index is 10.0. The molecule has 0 radical (unpaired) electrons. The summed E-state index contributed by atoms with van der Waals surface area (Å²) in [7, 11) is 0. The molecule has 1 N–H and O–H groups in total. The lowest BCUT2D eigenvalue weighted by Crippen LogP contribution is -1.86. The second-order valence-electron chi connectivity index (χ2n) is 2.50. The lowest BCUT2D eigenvalue weighted by Gasteiger charge is -1.80. The Bertz CT molecular complexity index is 182. The van der Waals surface area contributed by atoms with Gasteiger partial charge in [0.05, 0.1) is 0 Å². The monoisotopic (exact) mass is 138 g/mol. The number of hydrogen-bond donors (Lipinski definition) is 1. The van der Waals surface area contributed by atoms with Crippen molar-refractivity contribution in [3.8, 4) is 0 Å². The molecule has 10 heavy (non-hydrogen) atoms. The molecule has 0 spiro atoms. The third-order valence-electron chi connectivity index (χ3n) is 1.68. The Balaban J connectivity index is 2.29. The van der Waals surface area contributed by atoms with Gasteiger partial charge in [-0.05, 0) is 18.3 Å². The lowest BCUT2D eigenvalue weighted by molar-refractivity contribution is -0.131. The van der Waals surface area contributed by atoms with Crippen molar-refractivity contribution < 1.29 is 9.90 Å². The van der Waals surface area contributed by atoms with Gasteiger partial charge in [-0.2, -0.15) is 0 Å². The van der Waals surface area contributed by atoms with Crippen molar-refractivity contribution in [2.24, 2.45) is 11.8 Å². The van der Waals surface area contributed by atoms with Gasteiger partial charge in [-0.1, -0.05) is 12.2 Å². The highest BCUT2D eigenvalue weighted by atomic mass is 16.4. The Labute approximate surface area is 59.9 Å². The summed E-state index contributed by atoms with van der Waals surface area (Å²) in [6, 6.07) is 0. The summed E-state index contributed by atoms with van der Waals surface area (Å²) >= 11 is 0. The van der Waals surface area contributed by atoms with E-state index in [1.807, 2.05) is 6.08 Å². The molecule has 0 bridgehead atoms. The maximum absolute atomic E-state index is 10.0. The molecule has 0 heterocycles. The van der Waals surface area contributed by atoms with Crippen LogP contribution in [0.2, 0.25) is 0 Å². The van der Waals surface area contributed by atoms with Crippen molar-refractivity contribution in [2.45, 2.75) is 6.42 Å². The van der Waals surface area contributed by atoms with Crippen LogP contribution in [0.3, 0.4) is 0 Å². The third-order valence-corrected chi connectivity index (χ3v) is 1.68. The Morgan fingerprint density at radius 3 is 2.70 bits per heavy atom. The van der Waals surface area contributed by atoms with Gasteiger partial charge in [-0.15, -0.1) is 6.58 Å². The summed E-state index contributed by atoms with van der Waals surface area (Å²) in [4.78, 5) is 10.0. The van der Waals surface area contributed by atoms with Crippen molar-refractivity contribution in [3.63, 3.8) is 0 Å². The first-order valence-corrected chi connectivity index (χ1v) is 3.27. The van der Waals surface area contributed by atoms with E-state index in [-0.39, 0.29) is 0 Å². The van der Waals surface area contributed by atoms with Gasteiger partial charge in [-0.3, -0.25) is 0 Å². The number of carbonyl (C=O) groups is 1. The van der Waals surface area contributed by atoms with Crippen LogP contribution in [0.4, 0.5) is 0 Å². The highest BCUT2D eigenvalue weighted by molar-refractivity contribution is 5.79. The molecule has 0 unspecified atom stereocenters. The van der Waals surface area contributed by atoms with E-state index in [9.17, 15) is 4.79 Å². The summed E-state index contributed by atoms with van der Waals surface area (Å²) in [6.07, 6.45) is 5.87. The first-order valence-electron chi connectivity index (χ1n) is 3.27. The zero-order valence-corrected chi connectivity index (χ0v) is 5.66. The molecule has 1 fully saturated rings. The van der Waals surface area contributed by atoms with E-state index in [1.54, 1.807) is 6.08 Å². The number of carboxylic acids is 1. The minimum atomic E-state index is -0.866. The molecule has 0 aliphatic heterocycles. The SMILES string of the molecule is C=C[C@@H]1C[C@H]1/C=C/C(=O)O. The van der Waals surface area contributed by atoms with Crippen LogP contribution in [0.5, 0.6) is 0 Å². The van der Waals surface area contributed by atoms with Crippen LogP contribution in [-0.4, -0.2) is 11.1 Å². The van der Waals surface area contributed by atoms with E-state index in [2.05, 4.69) is 6.58 Å². The molecule has 2 heteroatoms. The molecular weight excluding hydrogens is 128 g/mol. The Morgan fingerprint density at radius 1 is 1.60 bits per heavy atom. The predicted octanol–water partition coefficient (Wildman–Crippen LogP) is 1.45. The number of hydrogen-bond acceptors (Lipinski definition) is 1. The first kappa shape index (κ1) is 7.06. The molecule has 0 amide bonds. The molecule has 0 saturated heterocycles. The minimum absolute atomic E-state index is 0.439. The summed E-state index contributed by atoms with van der Waals surface area (Å²) in [5.41, 5.74) is 0. The molecule has 1 aliphatic rings. The van der Waals surface area contributed by atoms with E-state index in [4.69, 9.17) is 5.11 Å². The van der Waals surface area contributed by atoms with Gasteiger partial charge < -0.3 is 5.11 Å². The fourth-order valence-corrected chi connectivity index (χ4v) is 0.934. The second-order valence-corrected chi connectivity index (χ2v) is 2.50. The predicted molar refractivity (Wildman–Crippen MR) is 38.6 cm³/mol. The molecule has 0 aromatic heterocycles. The number of carboxylic acid groups (broad SMARTS) is 1. The van der Waals surface area contributed by atoms with Crippen LogP contribution in [0.25, 0.3) is 0 Å².